The van der Waals surface area contributed by atoms with Gasteiger partial charge < -0.3 is 14.8 Å². The third kappa shape index (κ3) is 10.7. The predicted octanol–water partition coefficient (Wildman–Crippen LogP) is 4.40. The molecule has 28 heavy (non-hydrogen) atoms. The smallest absolute Gasteiger partial charge is 0.309 e. The SMILES string of the molecule is CCCC[C@H](CC)C(=O)O[C@H](C)CNC(=O)[C@@H](C)OC(=O)[C@@H](CC)CCCC. The topological polar surface area (TPSA) is 81.7 Å². The van der Waals surface area contributed by atoms with Crippen LogP contribution >= 0.6 is 0 Å². The van der Waals surface area contributed by atoms with Gasteiger partial charge in [0.2, 0.25) is 0 Å². The number of ether oxygens (including phenoxy) is 2. The Bertz CT molecular complexity index is 466. The van der Waals surface area contributed by atoms with Crippen molar-refractivity contribution in [2.75, 3.05) is 6.54 Å². The molecule has 0 saturated carbocycles. The van der Waals surface area contributed by atoms with Crippen LogP contribution < -0.4 is 5.32 Å². The Morgan fingerprint density at radius 2 is 1.25 bits per heavy atom. The van der Waals surface area contributed by atoms with Crippen LogP contribution in [0.15, 0.2) is 0 Å². The molecule has 0 radical (unpaired) electrons. The van der Waals surface area contributed by atoms with Crippen LogP contribution in [-0.2, 0) is 23.9 Å². The average Bonchev–Trinajstić information content (AvgIpc) is 2.67. The fourth-order valence-corrected chi connectivity index (χ4v) is 2.93. The van der Waals surface area contributed by atoms with E-state index in [1.165, 1.54) is 0 Å². The molecule has 0 aromatic carbocycles. The number of esters is 2. The van der Waals surface area contributed by atoms with Crippen molar-refractivity contribution in [3.8, 4) is 0 Å². The summed E-state index contributed by atoms with van der Waals surface area (Å²) < 4.78 is 10.8. The van der Waals surface area contributed by atoms with E-state index in [0.717, 1.165) is 44.9 Å². The number of hydrogen-bond donors (Lipinski definition) is 1. The number of carbonyl (C=O) groups is 3. The maximum absolute atomic E-state index is 12.2. The molecule has 0 bridgehead atoms. The van der Waals surface area contributed by atoms with E-state index in [1.54, 1.807) is 13.8 Å². The molecule has 0 fully saturated rings. The first-order chi connectivity index (χ1) is 13.3. The molecule has 0 rings (SSSR count). The van der Waals surface area contributed by atoms with Crippen LogP contribution in [0.25, 0.3) is 0 Å². The van der Waals surface area contributed by atoms with E-state index in [0.29, 0.717) is 6.42 Å². The molecule has 0 aliphatic carbocycles. The maximum atomic E-state index is 12.2. The van der Waals surface area contributed by atoms with E-state index in [-0.39, 0.29) is 36.2 Å². The van der Waals surface area contributed by atoms with E-state index in [4.69, 9.17) is 9.47 Å². The lowest BCUT2D eigenvalue weighted by Gasteiger charge is -2.21. The number of carbonyl (C=O) groups excluding carboxylic acids is 3. The number of hydrogen-bond acceptors (Lipinski definition) is 5. The minimum absolute atomic E-state index is 0.0907. The van der Waals surface area contributed by atoms with Crippen LogP contribution in [0.5, 0.6) is 0 Å². The van der Waals surface area contributed by atoms with Gasteiger partial charge >= 0.3 is 11.9 Å². The number of rotatable bonds is 15. The molecule has 0 saturated heterocycles. The van der Waals surface area contributed by atoms with Gasteiger partial charge in [-0.25, -0.2) is 0 Å². The minimum atomic E-state index is -0.862. The molecule has 4 atom stereocenters. The van der Waals surface area contributed by atoms with Crippen LogP contribution in [0, 0.1) is 11.8 Å². The highest BCUT2D eigenvalue weighted by Gasteiger charge is 2.24. The second-order valence-electron chi connectivity index (χ2n) is 7.57. The van der Waals surface area contributed by atoms with E-state index < -0.39 is 12.2 Å². The lowest BCUT2D eigenvalue weighted by Crippen LogP contribution is -2.41. The highest BCUT2D eigenvalue weighted by Crippen LogP contribution is 2.16. The van der Waals surface area contributed by atoms with Gasteiger partial charge in [0.25, 0.3) is 5.91 Å². The molecule has 1 N–H and O–H groups in total. The average molecular weight is 400 g/mol. The van der Waals surface area contributed by atoms with Gasteiger partial charge in [-0.15, -0.1) is 0 Å². The zero-order valence-electron chi connectivity index (χ0n) is 18.7. The van der Waals surface area contributed by atoms with Crippen molar-refractivity contribution in [2.45, 2.75) is 105 Å². The molecule has 6 nitrogen and oxygen atoms in total. The van der Waals surface area contributed by atoms with Crippen LogP contribution in [0.2, 0.25) is 0 Å². The minimum Gasteiger partial charge on any atom is -0.461 e. The second-order valence-corrected chi connectivity index (χ2v) is 7.57. The van der Waals surface area contributed by atoms with Crippen LogP contribution in [0.4, 0.5) is 0 Å². The zero-order chi connectivity index (χ0) is 21.5. The second kappa shape index (κ2) is 15.3. The number of amides is 1. The van der Waals surface area contributed by atoms with Crippen molar-refractivity contribution in [3.05, 3.63) is 0 Å². The fraction of sp³-hybridized carbons (Fsp3) is 0.864. The van der Waals surface area contributed by atoms with Crippen molar-refractivity contribution < 1.29 is 23.9 Å². The van der Waals surface area contributed by atoms with Gasteiger partial charge in [-0.3, -0.25) is 14.4 Å². The molecule has 0 heterocycles. The summed E-state index contributed by atoms with van der Waals surface area (Å²) in [4.78, 5) is 36.6. The molecule has 0 spiro atoms. The molecule has 0 unspecified atom stereocenters. The standard InChI is InChI=1S/C22H41NO5/c1-7-11-13-18(9-3)21(25)27-16(5)15-23-20(24)17(6)28-22(26)19(10-4)14-12-8-2/h16-19H,7-15H2,1-6H3,(H,23,24)/t16-,17-,18+,19+/m1/s1. The van der Waals surface area contributed by atoms with E-state index in [9.17, 15) is 14.4 Å². The summed E-state index contributed by atoms with van der Waals surface area (Å²) in [7, 11) is 0. The molecule has 164 valence electrons. The van der Waals surface area contributed by atoms with Crippen LogP contribution in [0.1, 0.15) is 92.9 Å². The first-order valence-corrected chi connectivity index (χ1v) is 11.0. The van der Waals surface area contributed by atoms with E-state index >= 15 is 0 Å². The molecule has 6 heteroatoms. The Morgan fingerprint density at radius 1 is 0.786 bits per heavy atom. The molecule has 0 aromatic rings. The molecule has 0 aliphatic heterocycles. The summed E-state index contributed by atoms with van der Waals surface area (Å²) in [5.41, 5.74) is 0. The first-order valence-electron chi connectivity index (χ1n) is 11.0. The number of unbranched alkanes of at least 4 members (excludes halogenated alkanes) is 2. The van der Waals surface area contributed by atoms with Gasteiger partial charge in [0, 0.05) is 0 Å². The fourth-order valence-electron chi connectivity index (χ4n) is 2.93. The largest absolute Gasteiger partial charge is 0.461 e. The van der Waals surface area contributed by atoms with Crippen molar-refractivity contribution in [2.24, 2.45) is 11.8 Å². The number of nitrogens with one attached hydrogen (secondary N) is 1. The van der Waals surface area contributed by atoms with Crippen LogP contribution in [0.3, 0.4) is 0 Å². The maximum Gasteiger partial charge on any atom is 0.309 e. The van der Waals surface area contributed by atoms with E-state index in [1.807, 2.05) is 13.8 Å². The highest BCUT2D eigenvalue weighted by molar-refractivity contribution is 5.84. The Labute approximate surface area is 171 Å². The molecular formula is C22H41NO5. The van der Waals surface area contributed by atoms with Gasteiger partial charge in [-0.1, -0.05) is 53.4 Å². The molecule has 0 aliphatic rings. The highest BCUT2D eigenvalue weighted by atomic mass is 16.6. The third-order valence-corrected chi connectivity index (χ3v) is 5.01. The lowest BCUT2D eigenvalue weighted by molar-refractivity contribution is -0.159. The van der Waals surface area contributed by atoms with Gasteiger partial charge in [0.15, 0.2) is 6.10 Å². The normalized spacial score (nSPS) is 15.2. The summed E-state index contributed by atoms with van der Waals surface area (Å²) in [6.07, 6.45) is 5.81. The van der Waals surface area contributed by atoms with Gasteiger partial charge in [0.1, 0.15) is 6.10 Å². The van der Waals surface area contributed by atoms with Crippen molar-refractivity contribution in [1.29, 1.82) is 0 Å². The van der Waals surface area contributed by atoms with Gasteiger partial charge in [-0.05, 0) is 39.5 Å². The summed E-state index contributed by atoms with van der Waals surface area (Å²) in [5, 5.41) is 2.70. The Hall–Kier alpha value is -1.59. The summed E-state index contributed by atoms with van der Waals surface area (Å²) in [6, 6.07) is 0. The first kappa shape index (κ1) is 26.4. The van der Waals surface area contributed by atoms with Gasteiger partial charge in [-0.2, -0.15) is 0 Å². The van der Waals surface area contributed by atoms with Crippen molar-refractivity contribution in [1.82, 2.24) is 5.32 Å². The Morgan fingerprint density at radius 3 is 1.68 bits per heavy atom. The Balaban J connectivity index is 4.36. The predicted molar refractivity (Wildman–Crippen MR) is 111 cm³/mol. The molecule has 0 aromatic heterocycles. The monoisotopic (exact) mass is 399 g/mol. The van der Waals surface area contributed by atoms with Crippen LogP contribution in [-0.4, -0.2) is 36.6 Å². The lowest BCUT2D eigenvalue weighted by atomic mass is 10.00. The Kier molecular flexibility index (Phi) is 14.5. The summed E-state index contributed by atoms with van der Waals surface area (Å²) in [6.45, 7) is 11.6. The molecular weight excluding hydrogens is 358 g/mol. The summed E-state index contributed by atoms with van der Waals surface area (Å²) >= 11 is 0. The zero-order valence-corrected chi connectivity index (χ0v) is 18.7. The van der Waals surface area contributed by atoms with Gasteiger partial charge in [0.05, 0.1) is 18.4 Å². The summed E-state index contributed by atoms with van der Waals surface area (Å²) in [5.74, 6) is -1.16. The third-order valence-electron chi connectivity index (χ3n) is 5.01. The van der Waals surface area contributed by atoms with E-state index in [2.05, 4.69) is 19.2 Å². The van der Waals surface area contributed by atoms with Crippen molar-refractivity contribution >= 4 is 17.8 Å². The van der Waals surface area contributed by atoms with Crippen molar-refractivity contribution in [3.63, 3.8) is 0 Å². The quantitative estimate of drug-likeness (QED) is 0.413. The molecule has 1 amide bonds.